The molecule has 0 radical (unpaired) electrons. The number of phenols is 1. The maximum absolute atomic E-state index is 14.2. The van der Waals surface area contributed by atoms with Crippen LogP contribution in [0.2, 0.25) is 0 Å². The number of primary amides is 2. The molecule has 4 amide bonds. The fourth-order valence-corrected chi connectivity index (χ4v) is 5.44. The van der Waals surface area contributed by atoms with Crippen molar-refractivity contribution in [3.05, 3.63) is 172 Å². The minimum atomic E-state index is -5.19. The van der Waals surface area contributed by atoms with Crippen LogP contribution in [0.1, 0.15) is 52.6 Å². The van der Waals surface area contributed by atoms with E-state index in [9.17, 15) is 93.8 Å². The lowest BCUT2D eigenvalue weighted by atomic mass is 10.1. The Morgan fingerprint density at radius 1 is 0.425 bits per heavy atom. The molecule has 29 heteroatoms. The molecule has 0 aromatic heterocycles. The Bertz CT molecular complexity index is 3000. The highest BCUT2D eigenvalue weighted by atomic mass is 19.4. The maximum atomic E-state index is 14.2. The first-order valence-corrected chi connectivity index (χ1v) is 19.0. The second kappa shape index (κ2) is 22.5. The molecule has 0 aliphatic carbocycles. The minimum Gasteiger partial charge on any atom is -0.508 e. The Morgan fingerprint density at radius 3 is 1.19 bits per heavy atom. The number of amides is 4. The summed E-state index contributed by atoms with van der Waals surface area (Å²) in [7, 11) is 0. The van der Waals surface area contributed by atoms with E-state index in [2.05, 4.69) is 14.8 Å². The molecule has 0 fully saturated rings. The van der Waals surface area contributed by atoms with Gasteiger partial charge in [-0.1, -0.05) is 0 Å². The molecule has 0 saturated carbocycles. The van der Waals surface area contributed by atoms with E-state index in [0.717, 1.165) is 84.9 Å². The number of aromatic hydroxyl groups is 1. The van der Waals surface area contributed by atoms with Crippen molar-refractivity contribution in [2.75, 3.05) is 10.6 Å². The van der Waals surface area contributed by atoms with E-state index >= 15 is 0 Å². The number of anilines is 2. The SMILES string of the molecule is NC(=O)c1cc(NC(=O)c2cc(F)c(C(F)(F)F)cc2F)ccc1F.NC(=O)c1cc(NC(=O)c2cc(F)c(C(F)(F)F)cc2Oc2ccc(OC(F)(F)F)cc2)ccc1F.Oc1ccc(OC(F)(F)F)cc1. The molecule has 0 unspecified atom stereocenters. The Balaban J connectivity index is 0.000000268. The monoisotopic (exact) mass is 1060 g/mol. The van der Waals surface area contributed by atoms with Crippen LogP contribution >= 0.6 is 0 Å². The lowest BCUT2D eigenvalue weighted by Gasteiger charge is -2.16. The van der Waals surface area contributed by atoms with Crippen molar-refractivity contribution >= 4 is 35.0 Å². The maximum Gasteiger partial charge on any atom is 0.573 e. The number of hydrogen-bond acceptors (Lipinski definition) is 8. The van der Waals surface area contributed by atoms with Crippen LogP contribution in [0.25, 0.3) is 0 Å². The molecule has 7 N–H and O–H groups in total. The fourth-order valence-electron chi connectivity index (χ4n) is 5.44. The van der Waals surface area contributed by atoms with Crippen molar-refractivity contribution < 1.29 is 113 Å². The van der Waals surface area contributed by atoms with E-state index in [-0.39, 0.29) is 52.9 Å². The highest BCUT2D eigenvalue weighted by Gasteiger charge is 2.38. The number of ether oxygens (including phenoxy) is 3. The van der Waals surface area contributed by atoms with Crippen molar-refractivity contribution in [2.45, 2.75) is 25.1 Å². The van der Waals surface area contributed by atoms with Gasteiger partial charge >= 0.3 is 25.1 Å². The molecule has 0 aliphatic rings. The van der Waals surface area contributed by atoms with Crippen LogP contribution in [0.4, 0.5) is 86.0 Å². The van der Waals surface area contributed by atoms with E-state index in [1.165, 1.54) is 0 Å². The summed E-state index contributed by atoms with van der Waals surface area (Å²) in [5.41, 5.74) is 2.93. The zero-order chi connectivity index (χ0) is 55.0. The predicted molar refractivity (Wildman–Crippen MR) is 216 cm³/mol. The molecule has 73 heavy (non-hydrogen) atoms. The number of nitrogens with two attached hydrogens (primary N) is 2. The van der Waals surface area contributed by atoms with Crippen molar-refractivity contribution in [2.24, 2.45) is 11.5 Å². The number of rotatable bonds is 10. The van der Waals surface area contributed by atoms with Gasteiger partial charge in [-0.05, 0) is 109 Å². The second-order valence-corrected chi connectivity index (χ2v) is 13.8. The molecule has 12 nitrogen and oxygen atoms in total. The van der Waals surface area contributed by atoms with Gasteiger partial charge < -0.3 is 41.4 Å². The molecule has 0 heterocycles. The molecular weight excluding hydrogens is 1040 g/mol. The largest absolute Gasteiger partial charge is 0.573 e. The summed E-state index contributed by atoms with van der Waals surface area (Å²) in [5, 5.41) is 12.9. The molecule has 0 spiro atoms. The van der Waals surface area contributed by atoms with Gasteiger partial charge in [0.2, 0.25) is 0 Å². The lowest BCUT2D eigenvalue weighted by molar-refractivity contribution is -0.275. The molecule has 0 bridgehead atoms. The van der Waals surface area contributed by atoms with Gasteiger partial charge in [0.05, 0.1) is 33.4 Å². The quantitative estimate of drug-likeness (QED) is 0.0837. The molecule has 0 atom stereocenters. The Kier molecular flexibility index (Phi) is 17.5. The van der Waals surface area contributed by atoms with Gasteiger partial charge in [0.15, 0.2) is 0 Å². The van der Waals surface area contributed by atoms with E-state index in [4.69, 9.17) is 21.3 Å². The van der Waals surface area contributed by atoms with Gasteiger partial charge in [0.25, 0.3) is 23.6 Å². The molecule has 6 aromatic rings. The van der Waals surface area contributed by atoms with E-state index in [1.54, 1.807) is 0 Å². The Morgan fingerprint density at radius 2 is 0.795 bits per heavy atom. The van der Waals surface area contributed by atoms with Gasteiger partial charge in [0.1, 0.15) is 57.8 Å². The first kappa shape index (κ1) is 56.8. The van der Waals surface area contributed by atoms with Crippen molar-refractivity contribution in [1.29, 1.82) is 0 Å². The average molecular weight is 1060 g/mol. The zero-order valence-corrected chi connectivity index (χ0v) is 35.3. The van der Waals surface area contributed by atoms with Gasteiger partial charge in [-0.2, -0.15) is 26.3 Å². The van der Waals surface area contributed by atoms with Crippen LogP contribution in [0.15, 0.2) is 109 Å². The molecule has 388 valence electrons. The standard InChI is InChI=1S/C22H12F8N2O4.C15H8F6N2O2.C7H5F3O2/c23-16-6-1-10(7-13(16)19(31)33)32-20(34)14-8-17(24)15(21(25,26)27)9-18(14)35-11-2-4-12(5-3-11)36-22(28,29)30;16-10-2-1-6(3-7(10)13(22)24)23-14(25)8-4-12(18)9(5-11(8)17)15(19,20)21;8-7(9,10)12-6-3-1-5(11)2-4-6/h1-9H,(H2,31,33)(H,32,34);1-5H,(H2,22,24)(H,23,25);1-4,11H. The number of carbonyl (C=O) groups excluding carboxylic acids is 4. The molecule has 0 aliphatic heterocycles. The van der Waals surface area contributed by atoms with Crippen LogP contribution in [-0.4, -0.2) is 41.5 Å². The number of halogens is 17. The van der Waals surface area contributed by atoms with E-state index in [0.29, 0.717) is 0 Å². The van der Waals surface area contributed by atoms with E-state index in [1.807, 2.05) is 5.32 Å². The third-order valence-corrected chi connectivity index (χ3v) is 8.56. The van der Waals surface area contributed by atoms with Crippen LogP contribution in [-0.2, 0) is 12.4 Å². The minimum absolute atomic E-state index is 0.0893. The third-order valence-electron chi connectivity index (χ3n) is 8.56. The summed E-state index contributed by atoms with van der Waals surface area (Å²) < 4.78 is 230. The molecule has 0 saturated heterocycles. The molecule has 6 rings (SSSR count). The van der Waals surface area contributed by atoms with Gasteiger partial charge in [0, 0.05) is 11.4 Å². The number of alkyl halides is 12. The molecular formula is C44H25F17N4O8. The van der Waals surface area contributed by atoms with Crippen molar-refractivity contribution in [3.8, 4) is 28.7 Å². The normalized spacial score (nSPS) is 11.5. The van der Waals surface area contributed by atoms with Crippen LogP contribution in [0.5, 0.6) is 28.7 Å². The van der Waals surface area contributed by atoms with Crippen LogP contribution < -0.4 is 36.3 Å². The lowest BCUT2D eigenvalue weighted by Crippen LogP contribution is -2.18. The summed E-state index contributed by atoms with van der Waals surface area (Å²) in [6.07, 6.45) is -20.0. The summed E-state index contributed by atoms with van der Waals surface area (Å²) in [6, 6.07) is 13.3. The topological polar surface area (TPSA) is 192 Å². The molecule has 6 aromatic carbocycles. The third kappa shape index (κ3) is 16.7. The van der Waals surface area contributed by atoms with Crippen molar-refractivity contribution in [3.63, 3.8) is 0 Å². The first-order chi connectivity index (χ1) is 33.6. The van der Waals surface area contributed by atoms with Gasteiger partial charge in [-0.15, -0.1) is 26.3 Å². The van der Waals surface area contributed by atoms with Gasteiger partial charge in [-0.3, -0.25) is 19.2 Å². The number of benzene rings is 6. The number of hydrogen-bond donors (Lipinski definition) is 5. The number of phenolic OH excluding ortho intramolecular Hbond substituents is 1. The first-order valence-electron chi connectivity index (χ1n) is 19.0. The van der Waals surface area contributed by atoms with Crippen molar-refractivity contribution in [1.82, 2.24) is 0 Å². The Hall–Kier alpha value is -8.79. The summed E-state index contributed by atoms with van der Waals surface area (Å²) in [4.78, 5) is 46.9. The summed E-state index contributed by atoms with van der Waals surface area (Å²) in [6.45, 7) is 0. The van der Waals surface area contributed by atoms with Gasteiger partial charge in [-0.25, -0.2) is 22.0 Å². The number of nitrogens with one attached hydrogen (secondary N) is 2. The summed E-state index contributed by atoms with van der Waals surface area (Å²) in [5.74, 6) is -14.4. The average Bonchev–Trinajstić information content (AvgIpc) is 3.26. The van der Waals surface area contributed by atoms with Crippen LogP contribution in [0.3, 0.4) is 0 Å². The van der Waals surface area contributed by atoms with E-state index < -0.39 is 123 Å². The highest BCUT2D eigenvalue weighted by Crippen LogP contribution is 2.38. The Labute approximate surface area is 395 Å². The zero-order valence-electron chi connectivity index (χ0n) is 35.3. The smallest absolute Gasteiger partial charge is 0.508 e. The fraction of sp³-hybridized carbons (Fsp3) is 0.0909. The highest BCUT2D eigenvalue weighted by molar-refractivity contribution is 6.07. The summed E-state index contributed by atoms with van der Waals surface area (Å²) >= 11 is 0. The van der Waals surface area contributed by atoms with Crippen LogP contribution in [0, 0.1) is 29.1 Å². The number of carbonyl (C=O) groups is 4. The predicted octanol–water partition coefficient (Wildman–Crippen LogP) is 11.8. The second-order valence-electron chi connectivity index (χ2n) is 13.8.